The quantitative estimate of drug-likeness (QED) is 0.491. The number of halogens is 3. The normalized spacial score (nSPS) is 11.1. The van der Waals surface area contributed by atoms with E-state index in [0.717, 1.165) is 25.7 Å². The van der Waals surface area contributed by atoms with Gasteiger partial charge in [-0.3, -0.25) is 4.57 Å². The van der Waals surface area contributed by atoms with Gasteiger partial charge in [0.1, 0.15) is 0 Å². The molecule has 0 aliphatic rings. The summed E-state index contributed by atoms with van der Waals surface area (Å²) in [7, 11) is 0. The molecule has 0 bridgehead atoms. The molecule has 0 fully saturated rings. The van der Waals surface area contributed by atoms with E-state index >= 15 is 0 Å². The highest BCUT2D eigenvalue weighted by molar-refractivity contribution is 9.10. The summed E-state index contributed by atoms with van der Waals surface area (Å²) in [5.41, 5.74) is 2.94. The molecule has 0 unspecified atom stereocenters. The van der Waals surface area contributed by atoms with Gasteiger partial charge in [0, 0.05) is 14.6 Å². The highest BCUT2D eigenvalue weighted by atomic mass is 79.9. The van der Waals surface area contributed by atoms with Crippen LogP contribution < -0.4 is 0 Å². The van der Waals surface area contributed by atoms with Crippen LogP contribution in [0.2, 0.25) is 5.02 Å². The number of hydrogen-bond donors (Lipinski definition) is 1. The van der Waals surface area contributed by atoms with Crippen LogP contribution in [0, 0.1) is 4.77 Å². The molecule has 0 saturated carbocycles. The van der Waals surface area contributed by atoms with Gasteiger partial charge in [0.05, 0.1) is 16.1 Å². The average molecular weight is 419 g/mol. The third-order valence-electron chi connectivity index (χ3n) is 2.81. The van der Waals surface area contributed by atoms with Gasteiger partial charge in [-0.25, -0.2) is 0 Å². The number of benzene rings is 2. The van der Waals surface area contributed by atoms with Crippen molar-refractivity contribution in [1.29, 1.82) is 0 Å². The lowest BCUT2D eigenvalue weighted by Gasteiger charge is -2.06. The predicted molar refractivity (Wildman–Crippen MR) is 88.9 cm³/mol. The monoisotopic (exact) mass is 416 g/mol. The molecule has 0 spiro atoms. The van der Waals surface area contributed by atoms with Crippen molar-refractivity contribution >= 4 is 66.7 Å². The van der Waals surface area contributed by atoms with E-state index < -0.39 is 0 Å². The topological polar surface area (TPSA) is 20.7 Å². The Labute approximate surface area is 136 Å². The summed E-state index contributed by atoms with van der Waals surface area (Å²) in [4.78, 5) is 3.19. The predicted octanol–water partition coefficient (Wildman–Crippen LogP) is 5.87. The minimum atomic E-state index is 0.645. The fourth-order valence-electron chi connectivity index (χ4n) is 1.96. The van der Waals surface area contributed by atoms with Crippen molar-refractivity contribution in [3.63, 3.8) is 0 Å². The van der Waals surface area contributed by atoms with Crippen molar-refractivity contribution in [2.75, 3.05) is 0 Å². The second kappa shape index (κ2) is 5.05. The van der Waals surface area contributed by atoms with Crippen LogP contribution in [0.15, 0.2) is 45.3 Å². The Morgan fingerprint density at radius 2 is 1.89 bits per heavy atom. The molecule has 6 heteroatoms. The van der Waals surface area contributed by atoms with Crippen LogP contribution in [0.25, 0.3) is 16.7 Å². The van der Waals surface area contributed by atoms with Crippen molar-refractivity contribution in [2.45, 2.75) is 0 Å². The highest BCUT2D eigenvalue weighted by Crippen LogP contribution is 2.28. The van der Waals surface area contributed by atoms with Gasteiger partial charge in [0.25, 0.3) is 0 Å². The molecule has 0 atom stereocenters. The number of imidazole rings is 1. The van der Waals surface area contributed by atoms with Crippen molar-refractivity contribution in [2.24, 2.45) is 0 Å². The summed E-state index contributed by atoms with van der Waals surface area (Å²) >= 11 is 18.4. The molecule has 0 amide bonds. The van der Waals surface area contributed by atoms with Gasteiger partial charge in [-0.05, 0) is 64.5 Å². The average Bonchev–Trinajstić information content (AvgIpc) is 2.68. The van der Waals surface area contributed by atoms with Gasteiger partial charge in [-0.15, -0.1) is 0 Å². The maximum absolute atomic E-state index is 6.15. The molecule has 96 valence electrons. The van der Waals surface area contributed by atoms with Gasteiger partial charge in [-0.1, -0.05) is 27.5 Å². The fourth-order valence-corrected chi connectivity index (χ4v) is 3.06. The molecule has 3 aromatic rings. The van der Waals surface area contributed by atoms with E-state index in [-0.39, 0.29) is 0 Å². The lowest BCUT2D eigenvalue weighted by Crippen LogP contribution is -1.93. The molecule has 0 saturated heterocycles. The third-order valence-corrected chi connectivity index (χ3v) is 4.82. The van der Waals surface area contributed by atoms with Crippen LogP contribution in [-0.2, 0) is 0 Å². The first kappa shape index (κ1) is 13.4. The number of fused-ring (bicyclic) bond motifs is 1. The van der Waals surface area contributed by atoms with Crippen molar-refractivity contribution < 1.29 is 0 Å². The molecule has 2 nitrogen and oxygen atoms in total. The number of nitrogens with zero attached hydrogens (tertiary/aromatic N) is 1. The zero-order chi connectivity index (χ0) is 13.6. The summed E-state index contributed by atoms with van der Waals surface area (Å²) in [5, 5.41) is 0.658. The molecule has 3 rings (SSSR count). The number of nitrogens with one attached hydrogen (secondary N) is 1. The Hall–Kier alpha value is -0.620. The van der Waals surface area contributed by atoms with E-state index in [1.54, 1.807) is 0 Å². The molecule has 1 N–H and O–H groups in total. The molecule has 0 radical (unpaired) electrons. The molecule has 19 heavy (non-hydrogen) atoms. The number of aromatic nitrogens is 2. The minimum absolute atomic E-state index is 0.645. The van der Waals surface area contributed by atoms with Crippen LogP contribution in [-0.4, -0.2) is 9.55 Å². The minimum Gasteiger partial charge on any atom is -0.330 e. The molecular formula is C13H7Br2ClN2S. The van der Waals surface area contributed by atoms with E-state index in [2.05, 4.69) is 36.8 Å². The van der Waals surface area contributed by atoms with Crippen LogP contribution >= 0.6 is 55.7 Å². The maximum Gasteiger partial charge on any atom is 0.182 e. The van der Waals surface area contributed by atoms with Crippen LogP contribution in [0.3, 0.4) is 0 Å². The van der Waals surface area contributed by atoms with Crippen LogP contribution in [0.1, 0.15) is 0 Å². The first-order valence-electron chi connectivity index (χ1n) is 5.42. The number of H-pyrrole nitrogens is 1. The Morgan fingerprint density at radius 1 is 1.11 bits per heavy atom. The highest BCUT2D eigenvalue weighted by Gasteiger charge is 2.08. The second-order valence-electron chi connectivity index (χ2n) is 4.03. The second-order valence-corrected chi connectivity index (χ2v) is 6.59. The molecular weight excluding hydrogens is 411 g/mol. The van der Waals surface area contributed by atoms with Crippen molar-refractivity contribution in [1.82, 2.24) is 9.55 Å². The summed E-state index contributed by atoms with van der Waals surface area (Å²) in [6.07, 6.45) is 0. The zero-order valence-electron chi connectivity index (χ0n) is 9.45. The number of hydrogen-bond acceptors (Lipinski definition) is 1. The Bertz CT molecular complexity index is 838. The standard InChI is InChI=1S/C13H7Br2ClN2S/c14-7-1-4-12-11(5-7)17-13(19)18(12)8-2-3-9(15)10(16)6-8/h1-6H,(H,17,19). The number of rotatable bonds is 1. The lowest BCUT2D eigenvalue weighted by atomic mass is 10.3. The molecule has 0 aliphatic carbocycles. The summed E-state index contributed by atoms with van der Waals surface area (Å²) in [5.74, 6) is 0. The largest absolute Gasteiger partial charge is 0.330 e. The van der Waals surface area contributed by atoms with Crippen molar-refractivity contribution in [3.8, 4) is 5.69 Å². The van der Waals surface area contributed by atoms with Gasteiger partial charge in [-0.2, -0.15) is 0 Å². The molecule has 2 aromatic carbocycles. The third kappa shape index (κ3) is 2.40. The Kier molecular flexibility index (Phi) is 3.55. The zero-order valence-corrected chi connectivity index (χ0v) is 14.2. The van der Waals surface area contributed by atoms with Crippen LogP contribution in [0.5, 0.6) is 0 Å². The van der Waals surface area contributed by atoms with Gasteiger partial charge < -0.3 is 4.98 Å². The van der Waals surface area contributed by atoms with Gasteiger partial charge in [0.15, 0.2) is 4.77 Å². The lowest BCUT2D eigenvalue weighted by molar-refractivity contribution is 1.06. The Balaban J connectivity index is 2.32. The van der Waals surface area contributed by atoms with Crippen LogP contribution in [0.4, 0.5) is 0 Å². The van der Waals surface area contributed by atoms with E-state index in [1.165, 1.54) is 0 Å². The molecule has 0 aliphatic heterocycles. The fraction of sp³-hybridized carbons (Fsp3) is 0. The SMILES string of the molecule is S=c1[nH]c2cc(Br)ccc2n1-c1ccc(Br)c(Cl)c1. The summed E-state index contributed by atoms with van der Waals surface area (Å²) in [6.45, 7) is 0. The first-order chi connectivity index (χ1) is 9.06. The summed E-state index contributed by atoms with van der Waals surface area (Å²) in [6, 6.07) is 11.8. The molecule has 1 heterocycles. The Morgan fingerprint density at radius 3 is 2.63 bits per heavy atom. The van der Waals surface area contributed by atoms with Crippen molar-refractivity contribution in [3.05, 3.63) is 55.1 Å². The van der Waals surface area contributed by atoms with E-state index in [1.807, 2.05) is 41.0 Å². The number of aromatic amines is 1. The maximum atomic E-state index is 6.15. The van der Waals surface area contributed by atoms with E-state index in [4.69, 9.17) is 23.8 Å². The molecule has 1 aromatic heterocycles. The summed E-state index contributed by atoms with van der Waals surface area (Å²) < 4.78 is 4.49. The van der Waals surface area contributed by atoms with Gasteiger partial charge >= 0.3 is 0 Å². The smallest absolute Gasteiger partial charge is 0.182 e. The van der Waals surface area contributed by atoms with E-state index in [9.17, 15) is 0 Å². The first-order valence-corrected chi connectivity index (χ1v) is 7.79. The van der Waals surface area contributed by atoms with E-state index in [0.29, 0.717) is 9.79 Å². The van der Waals surface area contributed by atoms with Gasteiger partial charge in [0.2, 0.25) is 0 Å².